The molecule has 2 aromatic carbocycles. The molecule has 0 unspecified atom stereocenters. The number of hydrogen-bond acceptors (Lipinski definition) is 3. The Hall–Kier alpha value is -2.94. The van der Waals surface area contributed by atoms with Gasteiger partial charge in [-0.2, -0.15) is 0 Å². The van der Waals surface area contributed by atoms with Crippen LogP contribution < -0.4 is 0 Å². The summed E-state index contributed by atoms with van der Waals surface area (Å²) >= 11 is 0. The van der Waals surface area contributed by atoms with Crippen LogP contribution in [0.5, 0.6) is 0 Å². The van der Waals surface area contributed by atoms with Crippen LogP contribution in [0.4, 0.5) is 0 Å². The number of ketones is 2. The Bertz CT molecular complexity index is 914. The van der Waals surface area contributed by atoms with Gasteiger partial charge in [-0.15, -0.1) is 0 Å². The van der Waals surface area contributed by atoms with Gasteiger partial charge in [0.2, 0.25) is 11.6 Å². The van der Waals surface area contributed by atoms with Crippen LogP contribution in [0.25, 0.3) is 22.6 Å². The van der Waals surface area contributed by atoms with E-state index in [1.165, 1.54) is 0 Å². The molecule has 0 fully saturated rings. The number of furan rings is 1. The first kappa shape index (κ1) is 12.8. The zero-order chi connectivity index (χ0) is 15.3. The van der Waals surface area contributed by atoms with Crippen LogP contribution in [-0.2, 0) is 0 Å². The van der Waals surface area contributed by atoms with Gasteiger partial charge in [-0.1, -0.05) is 54.1 Å². The van der Waals surface area contributed by atoms with Gasteiger partial charge in [-0.05, 0) is 13.0 Å². The summed E-state index contributed by atoms with van der Waals surface area (Å²) in [6.07, 6.45) is 0. The van der Waals surface area contributed by atoms with Gasteiger partial charge >= 0.3 is 0 Å². The van der Waals surface area contributed by atoms with Crippen molar-refractivity contribution in [3.05, 3.63) is 71.3 Å². The lowest BCUT2D eigenvalue weighted by atomic mass is 9.89. The number of benzene rings is 2. The first-order valence-corrected chi connectivity index (χ1v) is 7.04. The molecule has 0 radical (unpaired) electrons. The Morgan fingerprint density at radius 2 is 1.41 bits per heavy atom. The van der Waals surface area contributed by atoms with Gasteiger partial charge in [0.1, 0.15) is 11.5 Å². The predicted molar refractivity (Wildman–Crippen MR) is 83.0 cm³/mol. The molecule has 0 N–H and O–H groups in total. The van der Waals surface area contributed by atoms with Gasteiger partial charge in [0.25, 0.3) is 0 Å². The molecule has 3 aromatic rings. The second kappa shape index (κ2) is 4.53. The lowest BCUT2D eigenvalue weighted by Crippen LogP contribution is -2.19. The first-order valence-electron chi connectivity index (χ1n) is 7.04. The third-order valence-corrected chi connectivity index (χ3v) is 3.94. The summed E-state index contributed by atoms with van der Waals surface area (Å²) in [5.74, 6) is 0.105. The van der Waals surface area contributed by atoms with Crippen molar-refractivity contribution >= 4 is 11.6 Å². The average Bonchev–Trinajstić information content (AvgIpc) is 2.99. The van der Waals surface area contributed by atoms with Crippen LogP contribution in [0.3, 0.4) is 0 Å². The number of carbonyl (C=O) groups is 2. The SMILES string of the molecule is Cc1ccc(-c2cc3c(o2)-c2ccccc2C(=O)C3=O)cc1. The van der Waals surface area contributed by atoms with Gasteiger partial charge in [0.15, 0.2) is 0 Å². The lowest BCUT2D eigenvalue weighted by Gasteiger charge is -2.12. The molecule has 1 aliphatic carbocycles. The largest absolute Gasteiger partial charge is 0.455 e. The molecule has 106 valence electrons. The molecule has 1 aromatic heterocycles. The number of hydrogen-bond donors (Lipinski definition) is 0. The second-order valence-corrected chi connectivity index (χ2v) is 5.42. The molecule has 3 nitrogen and oxygen atoms in total. The highest BCUT2D eigenvalue weighted by Crippen LogP contribution is 2.38. The maximum Gasteiger partial charge on any atom is 0.237 e. The second-order valence-electron chi connectivity index (χ2n) is 5.42. The van der Waals surface area contributed by atoms with Crippen molar-refractivity contribution in [3.63, 3.8) is 0 Å². The topological polar surface area (TPSA) is 47.3 Å². The Labute approximate surface area is 127 Å². The molecule has 0 aliphatic heterocycles. The molecule has 22 heavy (non-hydrogen) atoms. The van der Waals surface area contributed by atoms with Crippen molar-refractivity contribution in [2.45, 2.75) is 6.92 Å². The van der Waals surface area contributed by atoms with E-state index in [0.717, 1.165) is 11.1 Å². The summed E-state index contributed by atoms with van der Waals surface area (Å²) < 4.78 is 5.90. The van der Waals surface area contributed by atoms with Crippen molar-refractivity contribution in [1.82, 2.24) is 0 Å². The van der Waals surface area contributed by atoms with Gasteiger partial charge in [-0.3, -0.25) is 9.59 Å². The maximum absolute atomic E-state index is 12.3. The molecule has 0 saturated carbocycles. The minimum atomic E-state index is -0.504. The van der Waals surface area contributed by atoms with E-state index in [1.54, 1.807) is 24.3 Å². The summed E-state index contributed by atoms with van der Waals surface area (Å²) in [7, 11) is 0. The molecule has 0 amide bonds. The Morgan fingerprint density at radius 1 is 0.773 bits per heavy atom. The molecule has 0 atom stereocenters. The quantitative estimate of drug-likeness (QED) is 0.627. The summed E-state index contributed by atoms with van der Waals surface area (Å²) in [5.41, 5.74) is 3.47. The smallest absolute Gasteiger partial charge is 0.237 e. The minimum absolute atomic E-state index is 0.347. The van der Waals surface area contributed by atoms with Gasteiger partial charge < -0.3 is 4.42 Å². The number of aryl methyl sites for hydroxylation is 1. The molecular formula is C19H12O3. The molecule has 0 bridgehead atoms. The molecule has 3 heteroatoms. The third-order valence-electron chi connectivity index (χ3n) is 3.94. The van der Waals surface area contributed by atoms with E-state index in [9.17, 15) is 9.59 Å². The van der Waals surface area contributed by atoms with E-state index in [1.807, 2.05) is 37.3 Å². The number of Topliss-reactive ketones (excluding diaryl/α,β-unsaturated/α-hetero) is 2. The minimum Gasteiger partial charge on any atom is -0.455 e. The summed E-state index contributed by atoms with van der Waals surface area (Å²) in [6.45, 7) is 2.01. The number of carbonyl (C=O) groups excluding carboxylic acids is 2. The Morgan fingerprint density at radius 3 is 2.14 bits per heavy atom. The third kappa shape index (κ3) is 1.76. The molecule has 0 saturated heterocycles. The summed E-state index contributed by atoms with van der Waals surface area (Å²) in [5, 5.41) is 0. The molecular weight excluding hydrogens is 276 g/mol. The predicted octanol–water partition coefficient (Wildman–Crippen LogP) is 4.30. The first-order chi connectivity index (χ1) is 10.6. The average molecular weight is 288 g/mol. The van der Waals surface area contributed by atoms with Gasteiger partial charge in [0, 0.05) is 16.7 Å². The van der Waals surface area contributed by atoms with Crippen molar-refractivity contribution in [2.75, 3.05) is 0 Å². The zero-order valence-corrected chi connectivity index (χ0v) is 11.9. The summed E-state index contributed by atoms with van der Waals surface area (Å²) in [4.78, 5) is 24.4. The van der Waals surface area contributed by atoms with Crippen LogP contribution in [-0.4, -0.2) is 11.6 Å². The Balaban J connectivity index is 1.93. The maximum atomic E-state index is 12.3. The van der Waals surface area contributed by atoms with Crippen molar-refractivity contribution in [1.29, 1.82) is 0 Å². The fourth-order valence-corrected chi connectivity index (χ4v) is 2.74. The van der Waals surface area contributed by atoms with Crippen LogP contribution in [0.2, 0.25) is 0 Å². The van der Waals surface area contributed by atoms with Crippen LogP contribution in [0, 0.1) is 6.92 Å². The van der Waals surface area contributed by atoms with Crippen LogP contribution >= 0.6 is 0 Å². The summed E-state index contributed by atoms with van der Waals surface area (Å²) in [6, 6.07) is 16.6. The van der Waals surface area contributed by atoms with E-state index in [0.29, 0.717) is 28.2 Å². The zero-order valence-electron chi connectivity index (χ0n) is 11.9. The van der Waals surface area contributed by atoms with E-state index in [-0.39, 0.29) is 0 Å². The van der Waals surface area contributed by atoms with Crippen molar-refractivity contribution < 1.29 is 14.0 Å². The fraction of sp³-hybridized carbons (Fsp3) is 0.0526. The van der Waals surface area contributed by atoms with Gasteiger partial charge in [0.05, 0.1) is 5.56 Å². The number of fused-ring (bicyclic) bond motifs is 3. The lowest BCUT2D eigenvalue weighted by molar-refractivity contribution is 0.0814. The standard InChI is InChI=1S/C19H12O3/c1-11-6-8-12(9-7-11)16-10-15-18(21)17(20)13-4-2-3-5-14(13)19(15)22-16/h2-10H,1H3. The molecule has 1 heterocycles. The van der Waals surface area contributed by atoms with Crippen molar-refractivity contribution in [3.8, 4) is 22.6 Å². The molecule has 1 aliphatic rings. The fourth-order valence-electron chi connectivity index (χ4n) is 2.74. The normalized spacial score (nSPS) is 13.0. The highest BCUT2D eigenvalue weighted by Gasteiger charge is 2.33. The number of rotatable bonds is 1. The monoisotopic (exact) mass is 288 g/mol. The van der Waals surface area contributed by atoms with Crippen LogP contribution in [0.15, 0.2) is 59.0 Å². The molecule has 4 rings (SSSR count). The highest BCUT2D eigenvalue weighted by atomic mass is 16.3. The van der Waals surface area contributed by atoms with E-state index < -0.39 is 11.6 Å². The van der Waals surface area contributed by atoms with Crippen molar-refractivity contribution in [2.24, 2.45) is 0 Å². The highest BCUT2D eigenvalue weighted by molar-refractivity contribution is 6.52. The van der Waals surface area contributed by atoms with Crippen LogP contribution in [0.1, 0.15) is 26.3 Å². The van der Waals surface area contributed by atoms with Gasteiger partial charge in [-0.25, -0.2) is 0 Å². The van der Waals surface area contributed by atoms with E-state index >= 15 is 0 Å². The molecule has 0 spiro atoms. The van der Waals surface area contributed by atoms with E-state index in [4.69, 9.17) is 4.42 Å². The Kier molecular flexibility index (Phi) is 2.63. The van der Waals surface area contributed by atoms with E-state index in [2.05, 4.69) is 0 Å².